The zero-order valence-electron chi connectivity index (χ0n) is 10.1. The number of rotatable bonds is 4. The van der Waals surface area contributed by atoms with Crippen LogP contribution in [0.1, 0.15) is 24.8 Å². The molecule has 2 rings (SSSR count). The van der Waals surface area contributed by atoms with E-state index in [-0.39, 0.29) is 23.4 Å². The molecule has 1 amide bonds. The summed E-state index contributed by atoms with van der Waals surface area (Å²) in [4.78, 5) is 22.6. The summed E-state index contributed by atoms with van der Waals surface area (Å²) in [5.74, 6) is -1.21. The largest absolute Gasteiger partial charge is 0.477 e. The van der Waals surface area contributed by atoms with Gasteiger partial charge in [-0.1, -0.05) is 36.4 Å². The topological polar surface area (TPSA) is 66.4 Å². The average Bonchev–Trinajstić information content (AvgIpc) is 3.16. The number of aliphatic carboxylic acids is 1. The Balaban J connectivity index is 1.96. The number of allylic oxidation sites excluding steroid dienone is 1. The van der Waals surface area contributed by atoms with Crippen LogP contribution in [-0.4, -0.2) is 17.0 Å². The maximum atomic E-state index is 11.8. The number of hydrogen-bond acceptors (Lipinski definition) is 2. The monoisotopic (exact) mass is 245 g/mol. The predicted octanol–water partition coefficient (Wildman–Crippen LogP) is 1.89. The van der Waals surface area contributed by atoms with Crippen molar-refractivity contribution in [1.29, 1.82) is 0 Å². The first-order valence-corrected chi connectivity index (χ1v) is 5.89. The van der Waals surface area contributed by atoms with Crippen LogP contribution in [0.2, 0.25) is 0 Å². The third kappa shape index (κ3) is 2.59. The lowest BCUT2D eigenvalue weighted by atomic mass is 10.1. The van der Waals surface area contributed by atoms with E-state index in [0.717, 1.165) is 12.0 Å². The molecule has 0 saturated heterocycles. The minimum atomic E-state index is -1.11. The van der Waals surface area contributed by atoms with Crippen LogP contribution in [-0.2, 0) is 9.59 Å². The second-order valence-corrected chi connectivity index (χ2v) is 4.36. The molecule has 1 fully saturated rings. The first kappa shape index (κ1) is 12.4. The van der Waals surface area contributed by atoms with E-state index in [2.05, 4.69) is 5.32 Å². The summed E-state index contributed by atoms with van der Waals surface area (Å²) in [6, 6.07) is 9.80. The number of nitrogens with one attached hydrogen (secondary N) is 1. The Morgan fingerprint density at radius 2 is 2.00 bits per heavy atom. The summed E-state index contributed by atoms with van der Waals surface area (Å²) in [7, 11) is 0. The maximum absolute atomic E-state index is 11.8. The lowest BCUT2D eigenvalue weighted by Gasteiger charge is -2.05. The van der Waals surface area contributed by atoms with Crippen LogP contribution in [0.3, 0.4) is 0 Å². The van der Waals surface area contributed by atoms with Crippen molar-refractivity contribution in [3.8, 4) is 0 Å². The molecule has 4 heteroatoms. The van der Waals surface area contributed by atoms with E-state index in [1.54, 1.807) is 6.92 Å². The summed E-state index contributed by atoms with van der Waals surface area (Å²) in [5, 5.41) is 11.3. The molecule has 0 heterocycles. The number of benzene rings is 1. The number of hydrogen-bond donors (Lipinski definition) is 2. The van der Waals surface area contributed by atoms with Crippen LogP contribution in [0.4, 0.5) is 0 Å². The molecule has 2 unspecified atom stereocenters. The highest BCUT2D eigenvalue weighted by Crippen LogP contribution is 2.47. The quantitative estimate of drug-likeness (QED) is 0.796. The number of amides is 1. The molecule has 4 nitrogen and oxygen atoms in total. The Morgan fingerprint density at radius 3 is 2.56 bits per heavy atom. The zero-order valence-corrected chi connectivity index (χ0v) is 10.1. The number of carboxylic acids is 1. The van der Waals surface area contributed by atoms with E-state index < -0.39 is 5.97 Å². The standard InChI is InChI=1S/C14H15NO3/c1-2-12(14(17)18)15-13(16)11-8-10(11)9-6-4-3-5-7-9/h2-7,10-11H,8H2,1H3,(H,15,16)(H,17,18)/b12-2+. The van der Waals surface area contributed by atoms with Crippen molar-refractivity contribution in [1.82, 2.24) is 5.32 Å². The number of carboxylic acid groups (broad SMARTS) is 1. The highest BCUT2D eigenvalue weighted by molar-refractivity contribution is 5.94. The summed E-state index contributed by atoms with van der Waals surface area (Å²) in [6.07, 6.45) is 2.17. The molecular formula is C14H15NO3. The van der Waals surface area contributed by atoms with Gasteiger partial charge in [0.25, 0.3) is 0 Å². The van der Waals surface area contributed by atoms with Crippen LogP contribution in [0, 0.1) is 5.92 Å². The SMILES string of the molecule is C/C=C(/NC(=O)C1CC1c1ccccc1)C(=O)O. The molecule has 0 radical (unpaired) electrons. The first-order valence-electron chi connectivity index (χ1n) is 5.89. The molecule has 18 heavy (non-hydrogen) atoms. The average molecular weight is 245 g/mol. The smallest absolute Gasteiger partial charge is 0.352 e. The molecule has 0 spiro atoms. The van der Waals surface area contributed by atoms with E-state index in [0.29, 0.717) is 0 Å². The minimum Gasteiger partial charge on any atom is -0.477 e. The molecule has 1 saturated carbocycles. The molecule has 94 valence electrons. The van der Waals surface area contributed by atoms with E-state index in [1.165, 1.54) is 6.08 Å². The Hall–Kier alpha value is -2.10. The van der Waals surface area contributed by atoms with Crippen LogP contribution >= 0.6 is 0 Å². The fraction of sp³-hybridized carbons (Fsp3) is 0.286. The van der Waals surface area contributed by atoms with Gasteiger partial charge >= 0.3 is 5.97 Å². The Labute approximate surface area is 105 Å². The van der Waals surface area contributed by atoms with Gasteiger partial charge in [-0.05, 0) is 24.8 Å². The molecule has 1 aromatic carbocycles. The van der Waals surface area contributed by atoms with Gasteiger partial charge < -0.3 is 10.4 Å². The minimum absolute atomic E-state index is 0.0567. The van der Waals surface area contributed by atoms with Crippen molar-refractivity contribution < 1.29 is 14.7 Å². The van der Waals surface area contributed by atoms with Crippen molar-refractivity contribution in [2.75, 3.05) is 0 Å². The normalized spacial score (nSPS) is 22.4. The van der Waals surface area contributed by atoms with Crippen LogP contribution in [0.25, 0.3) is 0 Å². The van der Waals surface area contributed by atoms with Crippen LogP contribution < -0.4 is 5.32 Å². The Morgan fingerprint density at radius 1 is 1.33 bits per heavy atom. The highest BCUT2D eigenvalue weighted by atomic mass is 16.4. The summed E-state index contributed by atoms with van der Waals surface area (Å²) in [5.41, 5.74) is 1.08. The molecule has 0 aliphatic heterocycles. The fourth-order valence-corrected chi connectivity index (χ4v) is 2.03. The van der Waals surface area contributed by atoms with Gasteiger partial charge in [0.05, 0.1) is 0 Å². The molecule has 0 aromatic heterocycles. The van der Waals surface area contributed by atoms with Gasteiger partial charge in [0.15, 0.2) is 0 Å². The Bertz CT molecular complexity index is 493. The molecular weight excluding hydrogens is 230 g/mol. The van der Waals surface area contributed by atoms with Gasteiger partial charge in [0, 0.05) is 5.92 Å². The number of carbonyl (C=O) groups excluding carboxylic acids is 1. The molecule has 0 bridgehead atoms. The lowest BCUT2D eigenvalue weighted by Crippen LogP contribution is -2.28. The summed E-state index contributed by atoms with van der Waals surface area (Å²) >= 11 is 0. The molecule has 1 aliphatic carbocycles. The molecule has 2 atom stereocenters. The maximum Gasteiger partial charge on any atom is 0.352 e. The zero-order chi connectivity index (χ0) is 13.1. The summed E-state index contributed by atoms with van der Waals surface area (Å²) < 4.78 is 0. The summed E-state index contributed by atoms with van der Waals surface area (Å²) in [6.45, 7) is 1.59. The van der Waals surface area contributed by atoms with E-state index in [1.807, 2.05) is 30.3 Å². The molecule has 2 N–H and O–H groups in total. The third-order valence-electron chi connectivity index (χ3n) is 3.13. The predicted molar refractivity (Wildman–Crippen MR) is 66.8 cm³/mol. The van der Waals surface area contributed by atoms with Crippen LogP contribution in [0.5, 0.6) is 0 Å². The van der Waals surface area contributed by atoms with Gasteiger partial charge in [-0.2, -0.15) is 0 Å². The van der Waals surface area contributed by atoms with Gasteiger partial charge in [-0.15, -0.1) is 0 Å². The molecule has 1 aromatic rings. The van der Waals surface area contributed by atoms with E-state index in [4.69, 9.17) is 5.11 Å². The van der Waals surface area contributed by atoms with Gasteiger partial charge in [-0.25, -0.2) is 4.79 Å². The van der Waals surface area contributed by atoms with Gasteiger partial charge in [0.1, 0.15) is 5.70 Å². The first-order chi connectivity index (χ1) is 8.63. The second kappa shape index (κ2) is 5.04. The highest BCUT2D eigenvalue weighted by Gasteiger charge is 2.44. The van der Waals surface area contributed by atoms with Crippen molar-refractivity contribution in [2.24, 2.45) is 5.92 Å². The second-order valence-electron chi connectivity index (χ2n) is 4.36. The Kier molecular flexibility index (Phi) is 3.46. The van der Waals surface area contributed by atoms with Crippen molar-refractivity contribution in [3.05, 3.63) is 47.7 Å². The molecule has 1 aliphatic rings. The fourth-order valence-electron chi connectivity index (χ4n) is 2.03. The van der Waals surface area contributed by atoms with Crippen molar-refractivity contribution in [2.45, 2.75) is 19.3 Å². The van der Waals surface area contributed by atoms with Gasteiger partial charge in [-0.3, -0.25) is 4.79 Å². The van der Waals surface area contributed by atoms with E-state index >= 15 is 0 Å². The lowest BCUT2D eigenvalue weighted by molar-refractivity contribution is -0.134. The van der Waals surface area contributed by atoms with E-state index in [9.17, 15) is 9.59 Å². The number of carbonyl (C=O) groups is 2. The van der Waals surface area contributed by atoms with Gasteiger partial charge in [0.2, 0.25) is 5.91 Å². The van der Waals surface area contributed by atoms with Crippen LogP contribution in [0.15, 0.2) is 42.1 Å². The van der Waals surface area contributed by atoms with Crippen molar-refractivity contribution in [3.63, 3.8) is 0 Å². The van der Waals surface area contributed by atoms with Crippen molar-refractivity contribution >= 4 is 11.9 Å². The third-order valence-corrected chi connectivity index (χ3v) is 3.13.